The molecule has 1 unspecified atom stereocenters. The van der Waals surface area contributed by atoms with Gasteiger partial charge >= 0.3 is 11.9 Å². The van der Waals surface area contributed by atoms with E-state index in [9.17, 15) is 29.4 Å². The fourth-order valence-corrected chi connectivity index (χ4v) is 15.1. The number of allylic oxidation sites excluding steroid dienone is 2. The summed E-state index contributed by atoms with van der Waals surface area (Å²) in [7, 11) is 0. The summed E-state index contributed by atoms with van der Waals surface area (Å²) in [5.41, 5.74) is 2.21. The van der Waals surface area contributed by atoms with Gasteiger partial charge in [-0.1, -0.05) is 79.5 Å². The number of fused-ring (bicyclic) bond motifs is 7. The molecule has 10 heteroatoms. The maximum Gasteiger partial charge on any atom is 0.309 e. The first-order chi connectivity index (χ1) is 27.9. The van der Waals surface area contributed by atoms with Crippen LogP contribution in [0.4, 0.5) is 0 Å². The molecule has 1 aromatic carbocycles. The van der Waals surface area contributed by atoms with Crippen molar-refractivity contribution in [2.75, 3.05) is 13.1 Å². The van der Waals surface area contributed by atoms with Crippen LogP contribution in [0, 0.1) is 68.0 Å². The Morgan fingerprint density at radius 2 is 1.53 bits per heavy atom. The zero-order valence-electron chi connectivity index (χ0n) is 38.0. The molecule has 0 heterocycles. The Balaban J connectivity index is 1.07. The van der Waals surface area contributed by atoms with Crippen LogP contribution in [-0.2, 0) is 19.1 Å². The lowest BCUT2D eigenvalue weighted by Crippen LogP contribution is -2.66. The van der Waals surface area contributed by atoms with Gasteiger partial charge in [0.2, 0.25) is 0 Å². The number of halogens is 1. The number of amides is 1. The summed E-state index contributed by atoms with van der Waals surface area (Å²) in [5, 5.41) is 27.4. The first-order valence-electron chi connectivity index (χ1n) is 23.1. The molecule has 7 rings (SSSR count). The molecule has 0 spiro atoms. The Labute approximate surface area is 364 Å². The molecule has 4 N–H and O–H groups in total. The van der Waals surface area contributed by atoms with E-state index < -0.39 is 29.4 Å². The van der Waals surface area contributed by atoms with Crippen LogP contribution in [0.1, 0.15) is 150 Å². The Kier molecular flexibility index (Phi) is 11.9. The molecule has 332 valence electrons. The largest absolute Gasteiger partial charge is 0.481 e. The molecule has 5 saturated carbocycles. The van der Waals surface area contributed by atoms with Crippen LogP contribution in [0.3, 0.4) is 0 Å². The van der Waals surface area contributed by atoms with Gasteiger partial charge in [0.15, 0.2) is 5.78 Å². The van der Waals surface area contributed by atoms with Crippen molar-refractivity contribution in [3.8, 4) is 0 Å². The first kappa shape index (κ1) is 45.3. The average Bonchev–Trinajstić information content (AvgIpc) is 3.46. The van der Waals surface area contributed by atoms with E-state index in [0.717, 1.165) is 63.4 Å². The summed E-state index contributed by atoms with van der Waals surface area (Å²) in [6.45, 7) is 23.3. The van der Waals surface area contributed by atoms with E-state index in [4.69, 9.17) is 16.3 Å². The Morgan fingerprint density at radius 1 is 0.850 bits per heavy atom. The van der Waals surface area contributed by atoms with E-state index in [0.29, 0.717) is 60.1 Å². The number of nitrogens with one attached hydrogen (secondary N) is 2. The highest BCUT2D eigenvalue weighted by atomic mass is 35.5. The molecule has 6 aliphatic rings. The number of esters is 1. The number of carbonyl (C=O) groups excluding carboxylic acids is 3. The fraction of sp³-hybridized carbons (Fsp3) is 0.760. The number of aliphatic carboxylic acids is 1. The van der Waals surface area contributed by atoms with Crippen molar-refractivity contribution in [1.29, 1.82) is 0 Å². The standard InChI is InChI=1S/C50H73ClN2O7/c1-28(2)40-36(55)26-50(23-24-52-27-35(29(3)54)53-42(56)30-11-13-31(51)14-12-30)22-21-48(9)32(41(40)50)15-16-38-47(8)19-18-39(46(6,7)37(47)17-20-49(38,48)10)60-44(59)34-25-33(43(57)58)45(34,4)5/h11-14,28-29,32-35,37-39,52,54H,15-27H2,1-10H3,(H,53,56)(H,57,58)/t29?,32-,33+,34-,35+,37+,38-,39+,47+,48-,49-,50-/m1/s1. The molecule has 9 nitrogen and oxygen atoms in total. The molecule has 1 amide bonds. The first-order valence-corrected chi connectivity index (χ1v) is 23.5. The minimum atomic E-state index is -0.833. The van der Waals surface area contributed by atoms with Crippen LogP contribution >= 0.6 is 11.6 Å². The smallest absolute Gasteiger partial charge is 0.309 e. The maximum absolute atomic E-state index is 14.2. The van der Waals surface area contributed by atoms with E-state index in [1.54, 1.807) is 31.2 Å². The van der Waals surface area contributed by atoms with Gasteiger partial charge in [0, 0.05) is 34.4 Å². The van der Waals surface area contributed by atoms with Crippen LogP contribution in [-0.4, -0.2) is 65.2 Å². The predicted molar refractivity (Wildman–Crippen MR) is 234 cm³/mol. The second kappa shape index (κ2) is 15.8. The van der Waals surface area contributed by atoms with Gasteiger partial charge in [-0.25, -0.2) is 0 Å². The Hall–Kier alpha value is -2.75. The lowest BCUT2D eigenvalue weighted by atomic mass is 9.33. The lowest BCUT2D eigenvalue weighted by Gasteiger charge is -2.72. The van der Waals surface area contributed by atoms with Crippen molar-refractivity contribution >= 4 is 35.2 Å². The number of aliphatic hydroxyl groups excluding tert-OH is 1. The summed E-state index contributed by atoms with van der Waals surface area (Å²) in [6, 6.07) is 6.25. The summed E-state index contributed by atoms with van der Waals surface area (Å²) in [5.74, 6) is -0.490. The quantitative estimate of drug-likeness (QED) is 0.120. The fourth-order valence-electron chi connectivity index (χ4n) is 15.0. The SMILES string of the molecule is CC(C)C1=C2[C@H]3CC[C@@H]4[C@@]5(C)CC[C@H](OC(=O)[C@H]6C[C@@H](C(=O)O)C6(C)C)C(C)(C)[C@@H]5CC[C@@]4(C)[C@]3(C)CC[C@@]2(CCNC[C@H](NC(=O)c2ccc(Cl)cc2)C(C)O)CC1=O. The number of benzene rings is 1. The number of carbonyl (C=O) groups is 4. The third-order valence-corrected chi connectivity index (χ3v) is 19.0. The van der Waals surface area contributed by atoms with Gasteiger partial charge in [0.1, 0.15) is 6.10 Å². The topological polar surface area (TPSA) is 142 Å². The van der Waals surface area contributed by atoms with Crippen molar-refractivity contribution < 1.29 is 34.1 Å². The number of rotatable bonds is 12. The number of carboxylic acid groups (broad SMARTS) is 1. The zero-order chi connectivity index (χ0) is 44.0. The molecule has 0 radical (unpaired) electrons. The average molecular weight is 850 g/mol. The van der Waals surface area contributed by atoms with E-state index in [2.05, 4.69) is 59.1 Å². The molecule has 0 aliphatic heterocycles. The highest BCUT2D eigenvalue weighted by Gasteiger charge is 2.70. The van der Waals surface area contributed by atoms with Crippen LogP contribution < -0.4 is 10.6 Å². The van der Waals surface area contributed by atoms with Crippen LogP contribution in [0.2, 0.25) is 5.02 Å². The Morgan fingerprint density at radius 3 is 2.15 bits per heavy atom. The zero-order valence-corrected chi connectivity index (χ0v) is 38.8. The second-order valence-corrected chi connectivity index (χ2v) is 23.0. The summed E-state index contributed by atoms with van der Waals surface area (Å²) in [6.07, 6.45) is 9.10. The molecule has 0 bridgehead atoms. The number of hydrogen-bond donors (Lipinski definition) is 4. The van der Waals surface area contributed by atoms with Gasteiger partial charge in [-0.2, -0.15) is 0 Å². The molecular formula is C50H73ClN2O7. The van der Waals surface area contributed by atoms with Crippen LogP contribution in [0.5, 0.6) is 0 Å². The lowest BCUT2D eigenvalue weighted by molar-refractivity contribution is -0.236. The molecule has 12 atom stereocenters. The number of hydrogen-bond acceptors (Lipinski definition) is 7. The van der Waals surface area contributed by atoms with Crippen molar-refractivity contribution in [1.82, 2.24) is 10.6 Å². The second-order valence-electron chi connectivity index (χ2n) is 22.5. The molecule has 6 aliphatic carbocycles. The van der Waals surface area contributed by atoms with Crippen LogP contribution in [0.25, 0.3) is 0 Å². The van der Waals surface area contributed by atoms with E-state index in [1.165, 1.54) is 5.57 Å². The van der Waals surface area contributed by atoms with Crippen molar-refractivity contribution in [2.45, 2.75) is 158 Å². The van der Waals surface area contributed by atoms with Crippen LogP contribution in [0.15, 0.2) is 35.4 Å². The van der Waals surface area contributed by atoms with E-state index >= 15 is 0 Å². The van der Waals surface area contributed by atoms with Crippen molar-refractivity contribution in [2.24, 2.45) is 68.0 Å². The summed E-state index contributed by atoms with van der Waals surface area (Å²) >= 11 is 6.03. The minimum absolute atomic E-state index is 0.0359. The molecule has 60 heavy (non-hydrogen) atoms. The highest BCUT2D eigenvalue weighted by molar-refractivity contribution is 6.30. The normalized spacial score (nSPS) is 38.7. The summed E-state index contributed by atoms with van der Waals surface area (Å²) < 4.78 is 6.43. The number of ether oxygens (including phenoxy) is 1. The van der Waals surface area contributed by atoms with Gasteiger partial charge < -0.3 is 25.6 Å². The number of ketones is 1. The molecule has 1 aromatic rings. The number of carboxylic acids is 1. The van der Waals surface area contributed by atoms with Gasteiger partial charge in [-0.15, -0.1) is 0 Å². The third-order valence-electron chi connectivity index (χ3n) is 18.8. The third kappa shape index (κ3) is 7.11. The van der Waals surface area contributed by atoms with Gasteiger partial charge in [-0.05, 0) is 153 Å². The van der Waals surface area contributed by atoms with Gasteiger partial charge in [0.25, 0.3) is 5.91 Å². The number of Topliss-reactive ketones (excluding diaryl/α,β-unsaturated/α-hetero) is 1. The maximum atomic E-state index is 14.2. The monoisotopic (exact) mass is 849 g/mol. The van der Waals surface area contributed by atoms with Gasteiger partial charge in [0.05, 0.1) is 24.0 Å². The van der Waals surface area contributed by atoms with E-state index in [1.807, 2.05) is 13.8 Å². The highest BCUT2D eigenvalue weighted by Crippen LogP contribution is 2.77. The number of aliphatic hydroxyl groups is 1. The summed E-state index contributed by atoms with van der Waals surface area (Å²) in [4.78, 5) is 52.6. The molecule has 5 fully saturated rings. The van der Waals surface area contributed by atoms with Crippen molar-refractivity contribution in [3.63, 3.8) is 0 Å². The van der Waals surface area contributed by atoms with E-state index in [-0.39, 0.29) is 56.9 Å². The van der Waals surface area contributed by atoms with Gasteiger partial charge in [-0.3, -0.25) is 19.2 Å². The minimum Gasteiger partial charge on any atom is -0.481 e. The molecule has 0 aromatic heterocycles. The predicted octanol–water partition coefficient (Wildman–Crippen LogP) is 9.44. The van der Waals surface area contributed by atoms with Crippen molar-refractivity contribution in [3.05, 3.63) is 46.0 Å². The molecular weight excluding hydrogens is 776 g/mol. The Bertz CT molecular complexity index is 1900. The molecule has 0 saturated heterocycles.